The molecule has 1 heterocycles. The molecule has 1 saturated carbocycles. The van der Waals surface area contributed by atoms with Crippen molar-refractivity contribution in [1.29, 1.82) is 5.26 Å². The molecule has 9 heteroatoms. The summed E-state index contributed by atoms with van der Waals surface area (Å²) in [6, 6.07) is 9.35. The highest BCUT2D eigenvalue weighted by Gasteiger charge is 2.35. The van der Waals surface area contributed by atoms with Gasteiger partial charge in [-0.05, 0) is 44.0 Å². The summed E-state index contributed by atoms with van der Waals surface area (Å²) in [6.07, 6.45) is 4.46. The Morgan fingerprint density at radius 3 is 2.79 bits per heavy atom. The van der Waals surface area contributed by atoms with Crippen LogP contribution in [-0.2, 0) is 11.4 Å². The van der Waals surface area contributed by atoms with Gasteiger partial charge in [-0.2, -0.15) is 5.26 Å². The van der Waals surface area contributed by atoms with Gasteiger partial charge in [0.25, 0.3) is 0 Å². The van der Waals surface area contributed by atoms with E-state index in [-0.39, 0.29) is 12.5 Å². The molecule has 1 aromatic heterocycles. The molecule has 1 fully saturated rings. The second-order valence-corrected chi connectivity index (χ2v) is 8.56. The monoisotopic (exact) mass is 419 g/mol. The predicted molar refractivity (Wildman–Crippen MR) is 107 cm³/mol. The van der Waals surface area contributed by atoms with Crippen LogP contribution in [0.2, 0.25) is 5.02 Å². The van der Waals surface area contributed by atoms with Gasteiger partial charge in [-0.25, -0.2) is 4.98 Å². The third-order valence-corrected chi connectivity index (χ3v) is 5.85. The van der Waals surface area contributed by atoms with Gasteiger partial charge in [0, 0.05) is 5.02 Å². The second-order valence-electron chi connectivity index (χ2n) is 6.81. The van der Waals surface area contributed by atoms with Crippen LogP contribution in [0.15, 0.2) is 29.4 Å². The number of H-pyrrole nitrogens is 1. The lowest BCUT2D eigenvalue weighted by Gasteiger charge is -2.32. The van der Waals surface area contributed by atoms with Gasteiger partial charge in [0.2, 0.25) is 11.1 Å². The van der Waals surface area contributed by atoms with Gasteiger partial charge >= 0.3 is 0 Å². The fraction of sp³-hybridized carbons (Fsp3) is 0.474. The number of aromatic nitrogens is 3. The maximum Gasteiger partial charge on any atom is 0.234 e. The van der Waals surface area contributed by atoms with Crippen molar-refractivity contribution in [3.8, 4) is 11.8 Å². The highest BCUT2D eigenvalue weighted by molar-refractivity contribution is 8.00. The summed E-state index contributed by atoms with van der Waals surface area (Å²) >= 11 is 7.09. The number of thioether (sulfide) groups is 1. The number of hydrogen-bond acceptors (Lipinski definition) is 6. The van der Waals surface area contributed by atoms with Gasteiger partial charge in [0.1, 0.15) is 17.9 Å². The number of nitrogens with one attached hydrogen (secondary N) is 2. The minimum absolute atomic E-state index is 0.169. The largest absolute Gasteiger partial charge is 0.486 e. The van der Waals surface area contributed by atoms with Crippen LogP contribution < -0.4 is 10.1 Å². The number of amides is 1. The molecular formula is C19H22ClN5O2S. The molecule has 0 spiro atoms. The van der Waals surface area contributed by atoms with Crippen LogP contribution in [0.25, 0.3) is 0 Å². The van der Waals surface area contributed by atoms with Crippen molar-refractivity contribution in [2.24, 2.45) is 0 Å². The van der Waals surface area contributed by atoms with E-state index in [1.54, 1.807) is 31.2 Å². The third kappa shape index (κ3) is 5.40. The van der Waals surface area contributed by atoms with Crippen molar-refractivity contribution in [2.45, 2.75) is 61.6 Å². The second kappa shape index (κ2) is 9.30. The lowest BCUT2D eigenvalue weighted by atomic mass is 9.83. The standard InChI is InChI=1S/C19H22ClN5O2S/c1-13(17(26)23-19(12-21)9-3-2-4-10-19)28-18-22-16(24-25-18)11-27-15-7-5-14(20)6-8-15/h5-8,13H,2-4,9-11H2,1H3,(H,23,26)(H,22,24,25). The first kappa shape index (κ1) is 20.5. The van der Waals surface area contributed by atoms with E-state index in [1.165, 1.54) is 11.8 Å². The Labute approximate surface area is 173 Å². The Morgan fingerprint density at radius 2 is 2.11 bits per heavy atom. The number of carbonyl (C=O) groups is 1. The summed E-state index contributed by atoms with van der Waals surface area (Å²) in [5.41, 5.74) is -0.735. The predicted octanol–water partition coefficient (Wildman–Crippen LogP) is 3.86. The van der Waals surface area contributed by atoms with E-state index in [1.807, 2.05) is 0 Å². The number of nitriles is 1. The van der Waals surface area contributed by atoms with E-state index >= 15 is 0 Å². The van der Waals surface area contributed by atoms with Crippen molar-refractivity contribution in [1.82, 2.24) is 20.5 Å². The first-order valence-electron chi connectivity index (χ1n) is 9.19. The number of hydrogen-bond donors (Lipinski definition) is 2. The van der Waals surface area contributed by atoms with Gasteiger partial charge in [-0.15, -0.1) is 5.10 Å². The van der Waals surface area contributed by atoms with Crippen molar-refractivity contribution >= 4 is 29.3 Å². The van der Waals surface area contributed by atoms with Crippen molar-refractivity contribution in [3.05, 3.63) is 35.1 Å². The summed E-state index contributed by atoms with van der Waals surface area (Å²) in [7, 11) is 0. The van der Waals surface area contributed by atoms with Crippen LogP contribution in [0.3, 0.4) is 0 Å². The summed E-state index contributed by atoms with van der Waals surface area (Å²) in [5, 5.41) is 20.1. The molecule has 0 saturated heterocycles. The Hall–Kier alpha value is -2.24. The summed E-state index contributed by atoms with van der Waals surface area (Å²) in [6.45, 7) is 2.02. The Balaban J connectivity index is 1.51. The Bertz CT molecular complexity index is 843. The van der Waals surface area contributed by atoms with Crippen molar-refractivity contribution < 1.29 is 9.53 Å². The summed E-state index contributed by atoms with van der Waals surface area (Å²) in [4.78, 5) is 16.9. The van der Waals surface area contributed by atoms with Crippen LogP contribution >= 0.6 is 23.4 Å². The zero-order valence-corrected chi connectivity index (χ0v) is 17.1. The highest BCUT2D eigenvalue weighted by atomic mass is 35.5. The maximum atomic E-state index is 12.5. The molecule has 1 unspecified atom stereocenters. The van der Waals surface area contributed by atoms with Crippen LogP contribution in [0.1, 0.15) is 44.9 Å². The number of benzene rings is 1. The van der Waals surface area contributed by atoms with Gasteiger partial charge in [-0.1, -0.05) is 42.6 Å². The number of halogens is 1. The normalized spacial score (nSPS) is 16.8. The van der Waals surface area contributed by atoms with E-state index in [0.717, 1.165) is 19.3 Å². The number of carbonyl (C=O) groups excluding carboxylic acids is 1. The van der Waals surface area contributed by atoms with E-state index < -0.39 is 10.8 Å². The van der Waals surface area contributed by atoms with Gasteiger partial charge in [0.05, 0.1) is 11.3 Å². The molecule has 2 aromatic rings. The zero-order chi connectivity index (χ0) is 20.0. The summed E-state index contributed by atoms with van der Waals surface area (Å²) in [5.74, 6) is 1.07. The van der Waals surface area contributed by atoms with Gasteiger partial charge in [-0.3, -0.25) is 9.89 Å². The Kier molecular flexibility index (Phi) is 6.81. The Morgan fingerprint density at radius 1 is 1.39 bits per heavy atom. The molecule has 0 bridgehead atoms. The van der Waals surface area contributed by atoms with Crippen molar-refractivity contribution in [2.75, 3.05) is 0 Å². The van der Waals surface area contributed by atoms with Crippen LogP contribution in [0.5, 0.6) is 5.75 Å². The number of nitrogens with zero attached hydrogens (tertiary/aromatic N) is 3. The minimum atomic E-state index is -0.735. The third-order valence-electron chi connectivity index (χ3n) is 4.64. The van der Waals surface area contributed by atoms with Crippen LogP contribution in [0, 0.1) is 11.3 Å². The lowest BCUT2D eigenvalue weighted by molar-refractivity contribution is -0.121. The van der Waals surface area contributed by atoms with Crippen LogP contribution in [0.4, 0.5) is 0 Å². The number of ether oxygens (including phenoxy) is 1. The average Bonchev–Trinajstić information content (AvgIpc) is 3.15. The highest BCUT2D eigenvalue weighted by Crippen LogP contribution is 2.29. The molecule has 148 valence electrons. The molecule has 28 heavy (non-hydrogen) atoms. The average molecular weight is 420 g/mol. The molecule has 0 aliphatic heterocycles. The number of aromatic amines is 1. The quantitative estimate of drug-likeness (QED) is 0.660. The molecular weight excluding hydrogens is 398 g/mol. The molecule has 1 aliphatic rings. The van der Waals surface area contributed by atoms with Crippen LogP contribution in [-0.4, -0.2) is 31.9 Å². The van der Waals surface area contributed by atoms with E-state index in [4.69, 9.17) is 16.3 Å². The van der Waals surface area contributed by atoms with E-state index in [0.29, 0.717) is 34.6 Å². The molecule has 2 N–H and O–H groups in total. The molecule has 1 aromatic carbocycles. The minimum Gasteiger partial charge on any atom is -0.486 e. The first-order valence-corrected chi connectivity index (χ1v) is 10.4. The first-order chi connectivity index (χ1) is 13.5. The SMILES string of the molecule is CC(Sc1n[nH]c(COc2ccc(Cl)cc2)n1)C(=O)NC1(C#N)CCCCC1. The van der Waals surface area contributed by atoms with Gasteiger partial charge < -0.3 is 10.1 Å². The molecule has 1 atom stereocenters. The van der Waals surface area contributed by atoms with E-state index in [2.05, 4.69) is 26.6 Å². The maximum absolute atomic E-state index is 12.5. The molecule has 1 aliphatic carbocycles. The smallest absolute Gasteiger partial charge is 0.234 e. The van der Waals surface area contributed by atoms with Gasteiger partial charge in [0.15, 0.2) is 5.82 Å². The fourth-order valence-electron chi connectivity index (χ4n) is 3.05. The molecule has 3 rings (SSSR count). The molecule has 7 nitrogen and oxygen atoms in total. The molecule has 1 amide bonds. The zero-order valence-electron chi connectivity index (χ0n) is 15.6. The molecule has 0 radical (unpaired) electrons. The lowest BCUT2D eigenvalue weighted by Crippen LogP contribution is -2.50. The number of rotatable bonds is 7. The van der Waals surface area contributed by atoms with Crippen molar-refractivity contribution in [3.63, 3.8) is 0 Å². The summed E-state index contributed by atoms with van der Waals surface area (Å²) < 4.78 is 5.62. The van der Waals surface area contributed by atoms with E-state index in [9.17, 15) is 10.1 Å². The topological polar surface area (TPSA) is 104 Å². The fourth-order valence-corrected chi connectivity index (χ4v) is 3.92.